The van der Waals surface area contributed by atoms with Gasteiger partial charge in [-0.1, -0.05) is 51.1 Å². The van der Waals surface area contributed by atoms with E-state index in [-0.39, 0.29) is 35.7 Å². The molecule has 0 radical (unpaired) electrons. The first-order valence-electron chi connectivity index (χ1n) is 9.27. The summed E-state index contributed by atoms with van der Waals surface area (Å²) in [5.74, 6) is -0.233. The Morgan fingerprint density at radius 2 is 1.88 bits per heavy atom. The van der Waals surface area contributed by atoms with Crippen LogP contribution in [0.25, 0.3) is 0 Å². The minimum atomic E-state index is -1.93. The third-order valence-corrected chi connectivity index (χ3v) is 10.0. The van der Waals surface area contributed by atoms with Gasteiger partial charge in [-0.05, 0) is 23.7 Å². The van der Waals surface area contributed by atoms with Crippen molar-refractivity contribution >= 4 is 14.3 Å². The summed E-state index contributed by atoms with van der Waals surface area (Å²) < 4.78 is 17.7. The van der Waals surface area contributed by atoms with Crippen LogP contribution in [0.15, 0.2) is 30.3 Å². The summed E-state index contributed by atoms with van der Waals surface area (Å²) in [7, 11) is -0.517. The highest BCUT2D eigenvalue weighted by atomic mass is 28.4. The quantitative estimate of drug-likeness (QED) is 0.580. The molecule has 5 nitrogen and oxygen atoms in total. The Morgan fingerprint density at radius 1 is 1.23 bits per heavy atom. The Morgan fingerprint density at radius 3 is 2.46 bits per heavy atom. The second-order valence-corrected chi connectivity index (χ2v) is 13.2. The first kappa shape index (κ1) is 21.1. The second kappa shape index (κ2) is 8.65. The van der Waals surface area contributed by atoms with Crippen molar-refractivity contribution in [2.24, 2.45) is 0 Å². The Bertz CT molecular complexity index is 585. The van der Waals surface area contributed by atoms with Crippen LogP contribution in [0.5, 0.6) is 0 Å². The van der Waals surface area contributed by atoms with Crippen LogP contribution in [0.4, 0.5) is 0 Å². The summed E-state index contributed by atoms with van der Waals surface area (Å²) in [6.07, 6.45) is 0.0468. The smallest absolute Gasteiger partial charge is 0.307 e. The maximum absolute atomic E-state index is 11.8. The van der Waals surface area contributed by atoms with Gasteiger partial charge in [0, 0.05) is 12.6 Å². The molecule has 1 aromatic carbocycles. The molecule has 26 heavy (non-hydrogen) atoms. The molecule has 0 spiro atoms. The fourth-order valence-corrected chi connectivity index (χ4v) is 4.19. The van der Waals surface area contributed by atoms with Gasteiger partial charge in [-0.3, -0.25) is 4.79 Å². The van der Waals surface area contributed by atoms with Crippen LogP contribution in [0.3, 0.4) is 0 Å². The first-order chi connectivity index (χ1) is 12.1. The topological polar surface area (TPSA) is 56.8 Å². The molecule has 0 unspecified atom stereocenters. The van der Waals surface area contributed by atoms with Crippen molar-refractivity contribution < 1.29 is 18.7 Å². The second-order valence-electron chi connectivity index (χ2n) is 8.47. The van der Waals surface area contributed by atoms with Crippen LogP contribution < -0.4 is 5.32 Å². The zero-order valence-corrected chi connectivity index (χ0v) is 17.9. The lowest BCUT2D eigenvalue weighted by Gasteiger charge is -2.39. The number of rotatable bonds is 7. The van der Waals surface area contributed by atoms with E-state index in [2.05, 4.69) is 39.2 Å². The standard InChI is InChI=1S/C20H33NO4Si/c1-20(2,3)26(5,6)25-17-13-21-16(12-18(22)23-4)19(17)24-14-15-10-8-7-9-11-15/h7-11,16-17,19,21H,12-14H2,1-6H3/t16-,17+,19-/m0/s1. The molecule has 0 amide bonds. The fraction of sp³-hybridized carbons (Fsp3) is 0.650. The van der Waals surface area contributed by atoms with Crippen LogP contribution >= 0.6 is 0 Å². The molecule has 0 bridgehead atoms. The predicted molar refractivity (Wildman–Crippen MR) is 106 cm³/mol. The van der Waals surface area contributed by atoms with Gasteiger partial charge in [0.2, 0.25) is 0 Å². The Balaban J connectivity index is 2.10. The van der Waals surface area contributed by atoms with E-state index in [0.717, 1.165) is 5.56 Å². The number of benzene rings is 1. The average molecular weight is 380 g/mol. The van der Waals surface area contributed by atoms with Crippen molar-refractivity contribution in [1.29, 1.82) is 0 Å². The van der Waals surface area contributed by atoms with Crippen LogP contribution in [0.2, 0.25) is 18.1 Å². The molecule has 1 fully saturated rings. The number of carbonyl (C=O) groups is 1. The molecule has 146 valence electrons. The van der Waals surface area contributed by atoms with Crippen molar-refractivity contribution in [2.75, 3.05) is 13.7 Å². The number of hydrogen-bond donors (Lipinski definition) is 1. The van der Waals surface area contributed by atoms with Gasteiger partial charge < -0.3 is 19.2 Å². The molecule has 1 heterocycles. The Kier molecular flexibility index (Phi) is 7.02. The van der Waals surface area contributed by atoms with E-state index in [9.17, 15) is 4.79 Å². The van der Waals surface area contributed by atoms with Gasteiger partial charge in [-0.15, -0.1) is 0 Å². The van der Waals surface area contributed by atoms with E-state index in [1.165, 1.54) is 7.11 Å². The Labute approximate surface area is 158 Å². The monoisotopic (exact) mass is 379 g/mol. The zero-order valence-electron chi connectivity index (χ0n) is 16.9. The fourth-order valence-electron chi connectivity index (χ4n) is 2.86. The number of hydrogen-bond acceptors (Lipinski definition) is 5. The molecule has 1 aromatic rings. The molecule has 6 heteroatoms. The number of ether oxygens (including phenoxy) is 2. The summed E-state index contributed by atoms with van der Waals surface area (Å²) in [6.45, 7) is 12.4. The molecule has 3 atom stereocenters. The lowest BCUT2D eigenvalue weighted by Crippen LogP contribution is -2.48. The summed E-state index contributed by atoms with van der Waals surface area (Å²) in [6, 6.07) is 9.98. The van der Waals surface area contributed by atoms with E-state index in [0.29, 0.717) is 13.2 Å². The minimum Gasteiger partial charge on any atom is -0.469 e. The third kappa shape index (κ3) is 5.39. The summed E-state index contributed by atoms with van der Waals surface area (Å²) in [5.41, 5.74) is 1.11. The minimum absolute atomic E-state index is 0.0609. The number of carbonyl (C=O) groups excluding carboxylic acids is 1. The maximum atomic E-state index is 11.8. The van der Waals surface area contributed by atoms with Gasteiger partial charge >= 0.3 is 5.97 Å². The van der Waals surface area contributed by atoms with Gasteiger partial charge in [0.05, 0.1) is 32.3 Å². The van der Waals surface area contributed by atoms with E-state index in [1.807, 2.05) is 30.3 Å². The summed E-state index contributed by atoms with van der Waals surface area (Å²) in [5, 5.41) is 3.53. The predicted octanol–water partition coefficient (Wildman–Crippen LogP) is 3.50. The summed E-state index contributed by atoms with van der Waals surface area (Å²) in [4.78, 5) is 11.8. The largest absolute Gasteiger partial charge is 0.469 e. The van der Waals surface area contributed by atoms with E-state index in [4.69, 9.17) is 13.9 Å². The van der Waals surface area contributed by atoms with Crippen LogP contribution in [-0.2, 0) is 25.3 Å². The number of methoxy groups -OCH3 is 1. The molecule has 0 saturated carbocycles. The van der Waals surface area contributed by atoms with Crippen LogP contribution in [0.1, 0.15) is 32.8 Å². The van der Waals surface area contributed by atoms with E-state index in [1.54, 1.807) is 0 Å². The Hall–Kier alpha value is -1.21. The molecule has 1 N–H and O–H groups in total. The van der Waals surface area contributed by atoms with Crippen molar-refractivity contribution in [2.45, 2.75) is 70.2 Å². The van der Waals surface area contributed by atoms with Crippen molar-refractivity contribution in [3.63, 3.8) is 0 Å². The molecule has 2 rings (SSSR count). The lowest BCUT2D eigenvalue weighted by atomic mass is 10.1. The maximum Gasteiger partial charge on any atom is 0.307 e. The summed E-state index contributed by atoms with van der Waals surface area (Å²) >= 11 is 0. The van der Waals surface area contributed by atoms with E-state index >= 15 is 0 Å². The van der Waals surface area contributed by atoms with Gasteiger partial charge in [-0.25, -0.2) is 0 Å². The third-order valence-electron chi connectivity index (χ3n) is 5.50. The molecule has 0 aliphatic carbocycles. The highest BCUT2D eigenvalue weighted by Gasteiger charge is 2.45. The molecule has 1 aliphatic heterocycles. The van der Waals surface area contributed by atoms with E-state index < -0.39 is 8.32 Å². The highest BCUT2D eigenvalue weighted by Crippen LogP contribution is 2.38. The van der Waals surface area contributed by atoms with Crippen LogP contribution in [-0.4, -0.2) is 46.2 Å². The van der Waals surface area contributed by atoms with Gasteiger partial charge in [0.15, 0.2) is 8.32 Å². The van der Waals surface area contributed by atoms with Gasteiger partial charge in [-0.2, -0.15) is 0 Å². The molecule has 1 aliphatic rings. The molecular weight excluding hydrogens is 346 g/mol. The molecular formula is C20H33NO4Si. The van der Waals surface area contributed by atoms with Gasteiger partial charge in [0.25, 0.3) is 0 Å². The first-order valence-corrected chi connectivity index (χ1v) is 12.2. The SMILES string of the molecule is COC(=O)C[C@@H]1NC[C@@H](O[Si](C)(C)C(C)(C)C)[C@H]1OCc1ccccc1. The lowest BCUT2D eigenvalue weighted by molar-refractivity contribution is -0.142. The average Bonchev–Trinajstić information content (AvgIpc) is 2.93. The van der Waals surface area contributed by atoms with Crippen molar-refractivity contribution in [3.8, 4) is 0 Å². The normalized spacial score (nSPS) is 23.8. The number of nitrogens with one attached hydrogen (secondary N) is 1. The highest BCUT2D eigenvalue weighted by molar-refractivity contribution is 6.74. The zero-order chi connectivity index (χ0) is 19.4. The van der Waals surface area contributed by atoms with Crippen molar-refractivity contribution in [3.05, 3.63) is 35.9 Å². The van der Waals surface area contributed by atoms with Crippen LogP contribution in [0, 0.1) is 0 Å². The molecule has 1 saturated heterocycles. The van der Waals surface area contributed by atoms with Crippen molar-refractivity contribution in [1.82, 2.24) is 5.32 Å². The molecule has 0 aromatic heterocycles. The van der Waals surface area contributed by atoms with Gasteiger partial charge in [0.1, 0.15) is 0 Å². The number of esters is 1.